The topological polar surface area (TPSA) is 17.1 Å². The third-order valence-electron chi connectivity index (χ3n) is 2.45. The van der Waals surface area contributed by atoms with E-state index in [1.54, 1.807) is 18.2 Å². The van der Waals surface area contributed by atoms with Gasteiger partial charge in [0.05, 0.1) is 0 Å². The lowest BCUT2D eigenvalue weighted by atomic mass is 10.0. The van der Waals surface area contributed by atoms with Crippen LogP contribution in [0.15, 0.2) is 30.3 Å². The first-order valence-corrected chi connectivity index (χ1v) is 4.73. The number of allylic oxidation sites excluding steroid dienone is 2. The van der Waals surface area contributed by atoms with Crippen molar-refractivity contribution in [1.82, 2.24) is 0 Å². The van der Waals surface area contributed by atoms with Crippen molar-refractivity contribution >= 4 is 11.9 Å². The number of carbonyl (C=O) groups excluding carboxylic acids is 1. The van der Waals surface area contributed by atoms with Gasteiger partial charge >= 0.3 is 0 Å². The van der Waals surface area contributed by atoms with Crippen LogP contribution in [0.4, 0.5) is 4.39 Å². The average molecular weight is 190 g/mol. The number of aldehydes is 1. The Morgan fingerprint density at radius 3 is 2.64 bits per heavy atom. The summed E-state index contributed by atoms with van der Waals surface area (Å²) in [5, 5.41) is 0. The molecular weight excluding hydrogens is 179 g/mol. The second-order valence-corrected chi connectivity index (χ2v) is 3.51. The molecule has 0 atom stereocenters. The predicted octanol–water partition coefficient (Wildman–Crippen LogP) is 2.82. The van der Waals surface area contributed by atoms with Gasteiger partial charge in [-0.1, -0.05) is 18.2 Å². The van der Waals surface area contributed by atoms with Gasteiger partial charge in [0.15, 0.2) is 0 Å². The van der Waals surface area contributed by atoms with E-state index in [2.05, 4.69) is 0 Å². The highest BCUT2D eigenvalue weighted by Gasteiger charge is 2.27. The summed E-state index contributed by atoms with van der Waals surface area (Å²) in [5.74, 6) is 0.143. The first-order chi connectivity index (χ1) is 6.83. The second kappa shape index (κ2) is 3.74. The monoisotopic (exact) mass is 190 g/mol. The van der Waals surface area contributed by atoms with Gasteiger partial charge in [-0.3, -0.25) is 4.79 Å². The molecule has 72 valence electrons. The molecule has 1 saturated carbocycles. The summed E-state index contributed by atoms with van der Waals surface area (Å²) in [5.41, 5.74) is 1.42. The number of rotatable bonds is 3. The highest BCUT2D eigenvalue weighted by atomic mass is 19.1. The second-order valence-electron chi connectivity index (χ2n) is 3.51. The smallest absolute Gasteiger partial charge is 0.143 e. The van der Waals surface area contributed by atoms with Crippen LogP contribution in [0.3, 0.4) is 0 Å². The van der Waals surface area contributed by atoms with Crippen molar-refractivity contribution in [3.05, 3.63) is 41.7 Å². The third kappa shape index (κ3) is 1.74. The minimum Gasteiger partial charge on any atom is -0.299 e. The van der Waals surface area contributed by atoms with Gasteiger partial charge in [-0.05, 0) is 36.5 Å². The van der Waals surface area contributed by atoms with Gasteiger partial charge < -0.3 is 0 Å². The predicted molar refractivity (Wildman–Crippen MR) is 53.2 cm³/mol. The maximum atomic E-state index is 13.4. The minimum atomic E-state index is -0.243. The first kappa shape index (κ1) is 9.13. The molecule has 2 heteroatoms. The summed E-state index contributed by atoms with van der Waals surface area (Å²) in [6, 6.07) is 6.60. The Balaban J connectivity index is 2.40. The SMILES string of the molecule is O=C/C=C(\c1ccccc1F)C1CC1. The fourth-order valence-electron chi connectivity index (χ4n) is 1.61. The molecule has 1 nitrogen and oxygen atoms in total. The van der Waals surface area contributed by atoms with Gasteiger partial charge in [0, 0.05) is 5.56 Å². The molecule has 0 spiro atoms. The molecule has 1 aromatic carbocycles. The Bertz CT molecular complexity index is 378. The van der Waals surface area contributed by atoms with E-state index in [1.807, 2.05) is 0 Å². The molecule has 1 aliphatic rings. The van der Waals surface area contributed by atoms with Crippen molar-refractivity contribution in [2.75, 3.05) is 0 Å². The Kier molecular flexibility index (Phi) is 2.44. The standard InChI is InChI=1S/C12H11FO/c13-12-4-2-1-3-11(12)10(7-8-14)9-5-6-9/h1-4,7-9H,5-6H2/b10-7-. The van der Waals surface area contributed by atoms with Crippen LogP contribution >= 0.6 is 0 Å². The Hall–Kier alpha value is -1.44. The molecule has 0 bridgehead atoms. The molecule has 0 saturated heterocycles. The lowest BCUT2D eigenvalue weighted by Gasteiger charge is -2.05. The molecular formula is C12H11FO. The van der Waals surface area contributed by atoms with Gasteiger partial charge in [0.2, 0.25) is 0 Å². The number of hydrogen-bond acceptors (Lipinski definition) is 1. The van der Waals surface area contributed by atoms with E-state index < -0.39 is 0 Å². The van der Waals surface area contributed by atoms with E-state index in [-0.39, 0.29) is 5.82 Å². The van der Waals surface area contributed by atoms with Crippen LogP contribution in [0.1, 0.15) is 18.4 Å². The van der Waals surface area contributed by atoms with Gasteiger partial charge in [0.25, 0.3) is 0 Å². The van der Waals surface area contributed by atoms with Crippen LogP contribution < -0.4 is 0 Å². The highest BCUT2D eigenvalue weighted by Crippen LogP contribution is 2.42. The molecule has 1 aliphatic carbocycles. The van der Waals surface area contributed by atoms with Gasteiger partial charge in [-0.25, -0.2) is 4.39 Å². The van der Waals surface area contributed by atoms with E-state index >= 15 is 0 Å². The zero-order valence-electron chi connectivity index (χ0n) is 7.74. The normalized spacial score (nSPS) is 16.8. The van der Waals surface area contributed by atoms with Crippen LogP contribution in [0.25, 0.3) is 5.57 Å². The third-order valence-corrected chi connectivity index (χ3v) is 2.45. The van der Waals surface area contributed by atoms with Crippen LogP contribution in [0.5, 0.6) is 0 Å². The van der Waals surface area contributed by atoms with Crippen molar-refractivity contribution in [2.45, 2.75) is 12.8 Å². The molecule has 0 unspecified atom stereocenters. The van der Waals surface area contributed by atoms with Crippen LogP contribution in [-0.4, -0.2) is 6.29 Å². The Morgan fingerprint density at radius 1 is 1.36 bits per heavy atom. The summed E-state index contributed by atoms with van der Waals surface area (Å²) in [7, 11) is 0. The van der Waals surface area contributed by atoms with Crippen molar-refractivity contribution in [1.29, 1.82) is 0 Å². The molecule has 0 aromatic heterocycles. The van der Waals surface area contributed by atoms with E-state index in [1.165, 1.54) is 12.1 Å². The fraction of sp³-hybridized carbons (Fsp3) is 0.250. The highest BCUT2D eigenvalue weighted by molar-refractivity contribution is 5.83. The van der Waals surface area contributed by atoms with Crippen molar-refractivity contribution in [3.63, 3.8) is 0 Å². The maximum Gasteiger partial charge on any atom is 0.143 e. The molecule has 0 amide bonds. The summed E-state index contributed by atoms with van der Waals surface area (Å²) >= 11 is 0. The summed E-state index contributed by atoms with van der Waals surface area (Å²) in [4.78, 5) is 10.4. The van der Waals surface area contributed by atoms with Crippen LogP contribution in [0.2, 0.25) is 0 Å². The largest absolute Gasteiger partial charge is 0.299 e. The first-order valence-electron chi connectivity index (χ1n) is 4.73. The van der Waals surface area contributed by atoms with E-state index in [9.17, 15) is 9.18 Å². The fourth-order valence-corrected chi connectivity index (χ4v) is 1.61. The molecule has 0 aliphatic heterocycles. The van der Waals surface area contributed by atoms with Crippen molar-refractivity contribution < 1.29 is 9.18 Å². The number of hydrogen-bond donors (Lipinski definition) is 0. The zero-order chi connectivity index (χ0) is 9.97. The van der Waals surface area contributed by atoms with Crippen LogP contribution in [0, 0.1) is 11.7 Å². The lowest BCUT2D eigenvalue weighted by molar-refractivity contribution is -0.104. The quantitative estimate of drug-likeness (QED) is 0.529. The summed E-state index contributed by atoms with van der Waals surface area (Å²) in [6.45, 7) is 0. The molecule has 1 fully saturated rings. The van der Waals surface area contributed by atoms with Crippen LogP contribution in [-0.2, 0) is 4.79 Å². The van der Waals surface area contributed by atoms with Gasteiger partial charge in [0.1, 0.15) is 12.1 Å². The minimum absolute atomic E-state index is 0.243. The van der Waals surface area contributed by atoms with Gasteiger partial charge in [-0.15, -0.1) is 0 Å². The number of halogens is 1. The van der Waals surface area contributed by atoms with Gasteiger partial charge in [-0.2, -0.15) is 0 Å². The number of benzene rings is 1. The number of carbonyl (C=O) groups is 1. The molecule has 14 heavy (non-hydrogen) atoms. The lowest BCUT2D eigenvalue weighted by Crippen LogP contribution is -1.91. The van der Waals surface area contributed by atoms with E-state index in [4.69, 9.17) is 0 Å². The Morgan fingerprint density at radius 2 is 2.07 bits per heavy atom. The van der Waals surface area contributed by atoms with Crippen molar-refractivity contribution in [3.8, 4) is 0 Å². The van der Waals surface area contributed by atoms with E-state index in [0.29, 0.717) is 11.5 Å². The zero-order valence-corrected chi connectivity index (χ0v) is 7.74. The average Bonchev–Trinajstić information content (AvgIpc) is 2.99. The van der Waals surface area contributed by atoms with Crippen molar-refractivity contribution in [2.24, 2.45) is 5.92 Å². The molecule has 0 heterocycles. The van der Waals surface area contributed by atoms with E-state index in [0.717, 1.165) is 24.7 Å². The summed E-state index contributed by atoms with van der Waals surface area (Å²) in [6.07, 6.45) is 4.35. The Labute approximate surface area is 82.3 Å². The molecule has 0 N–H and O–H groups in total. The molecule has 2 rings (SSSR count). The molecule has 0 radical (unpaired) electrons. The summed E-state index contributed by atoms with van der Waals surface area (Å²) < 4.78 is 13.4. The molecule has 1 aromatic rings. The maximum absolute atomic E-state index is 13.4.